The number of thiazole rings is 1. The number of fused-ring (bicyclic) bond motifs is 2. The quantitative estimate of drug-likeness (QED) is 0.446. The Morgan fingerprint density at radius 1 is 1.23 bits per heavy atom. The van der Waals surface area contributed by atoms with Crippen LogP contribution >= 0.6 is 27.3 Å². The second-order valence-electron chi connectivity index (χ2n) is 5.62. The number of halogens is 1. The van der Waals surface area contributed by atoms with Gasteiger partial charge in [-0.05, 0) is 47.1 Å². The molecule has 4 rings (SSSR count). The average molecular weight is 429 g/mol. The van der Waals surface area contributed by atoms with Gasteiger partial charge < -0.3 is 8.98 Å². The summed E-state index contributed by atoms with van der Waals surface area (Å²) in [5.74, 6) is -0.602. The number of carbonyl (C=O) groups is 1. The lowest BCUT2D eigenvalue weighted by atomic mass is 10.2. The molecule has 0 spiro atoms. The lowest BCUT2D eigenvalue weighted by Gasteiger charge is -2.02. The number of rotatable bonds is 2. The summed E-state index contributed by atoms with van der Waals surface area (Å²) in [5.41, 5.74) is 0.686. The van der Waals surface area contributed by atoms with Crippen LogP contribution < -0.4 is 10.4 Å². The van der Waals surface area contributed by atoms with E-state index in [-0.39, 0.29) is 5.56 Å². The van der Waals surface area contributed by atoms with Crippen LogP contribution in [0.4, 0.5) is 0 Å². The van der Waals surface area contributed by atoms with Crippen molar-refractivity contribution in [1.82, 2.24) is 4.57 Å². The summed E-state index contributed by atoms with van der Waals surface area (Å²) >= 11 is 4.95. The molecule has 26 heavy (non-hydrogen) atoms. The topological polar surface area (TPSA) is 64.6 Å². The Balaban J connectivity index is 1.91. The Kier molecular flexibility index (Phi) is 4.34. The van der Waals surface area contributed by atoms with Gasteiger partial charge in [-0.3, -0.25) is 4.79 Å². The van der Waals surface area contributed by atoms with Crippen molar-refractivity contribution in [2.24, 2.45) is 4.99 Å². The number of para-hydroxylation sites is 2. The van der Waals surface area contributed by atoms with Crippen LogP contribution in [0.2, 0.25) is 0 Å². The van der Waals surface area contributed by atoms with Gasteiger partial charge in [-0.25, -0.2) is 4.79 Å². The Morgan fingerprint density at radius 2 is 2.04 bits per heavy atom. The molecule has 0 aliphatic carbocycles. The molecule has 0 saturated carbocycles. The molecule has 2 aromatic carbocycles. The maximum atomic E-state index is 12.7. The molecule has 7 heteroatoms. The SMILES string of the molecule is CCn1c(=NC(=O)c2cc3ccccc3oc2=O)sc2cccc(Br)c21. The van der Waals surface area contributed by atoms with Crippen molar-refractivity contribution in [3.8, 4) is 0 Å². The van der Waals surface area contributed by atoms with Crippen LogP contribution in [0.5, 0.6) is 0 Å². The number of hydrogen-bond donors (Lipinski definition) is 0. The van der Waals surface area contributed by atoms with Gasteiger partial charge in [0.05, 0.1) is 10.2 Å². The fourth-order valence-corrected chi connectivity index (χ4v) is 4.65. The van der Waals surface area contributed by atoms with Gasteiger partial charge in [-0.1, -0.05) is 35.6 Å². The van der Waals surface area contributed by atoms with Gasteiger partial charge in [0.1, 0.15) is 11.1 Å². The van der Waals surface area contributed by atoms with E-state index in [1.165, 1.54) is 17.4 Å². The Morgan fingerprint density at radius 3 is 2.85 bits per heavy atom. The molecular weight excluding hydrogens is 416 g/mol. The predicted octanol–water partition coefficient (Wildman–Crippen LogP) is 4.33. The Labute approximate surface area is 160 Å². The van der Waals surface area contributed by atoms with E-state index in [0.29, 0.717) is 22.3 Å². The fourth-order valence-electron chi connectivity index (χ4n) is 2.82. The molecule has 0 bridgehead atoms. The van der Waals surface area contributed by atoms with E-state index in [1.54, 1.807) is 18.2 Å². The highest BCUT2D eigenvalue weighted by atomic mass is 79.9. The van der Waals surface area contributed by atoms with Crippen LogP contribution in [0.25, 0.3) is 21.2 Å². The number of carbonyl (C=O) groups excluding carboxylic acids is 1. The van der Waals surface area contributed by atoms with Crippen LogP contribution in [-0.2, 0) is 6.54 Å². The van der Waals surface area contributed by atoms with Crippen LogP contribution in [0.3, 0.4) is 0 Å². The van der Waals surface area contributed by atoms with Crippen molar-refractivity contribution in [2.75, 3.05) is 0 Å². The number of hydrogen-bond acceptors (Lipinski definition) is 4. The minimum absolute atomic E-state index is 0.0668. The summed E-state index contributed by atoms with van der Waals surface area (Å²) in [6, 6.07) is 14.5. The molecule has 0 radical (unpaired) electrons. The first kappa shape index (κ1) is 16.9. The zero-order chi connectivity index (χ0) is 18.3. The van der Waals surface area contributed by atoms with Gasteiger partial charge in [-0.15, -0.1) is 0 Å². The van der Waals surface area contributed by atoms with Gasteiger partial charge in [-0.2, -0.15) is 4.99 Å². The Bertz CT molecular complexity index is 1280. The number of amides is 1. The van der Waals surface area contributed by atoms with Crippen LogP contribution in [0.1, 0.15) is 17.3 Å². The summed E-state index contributed by atoms with van der Waals surface area (Å²) in [7, 11) is 0. The fraction of sp³-hybridized carbons (Fsp3) is 0.105. The Hall–Kier alpha value is -2.51. The van der Waals surface area contributed by atoms with Gasteiger partial charge in [0.15, 0.2) is 4.80 Å². The van der Waals surface area contributed by atoms with Crippen molar-refractivity contribution in [2.45, 2.75) is 13.5 Å². The lowest BCUT2D eigenvalue weighted by molar-refractivity contribution is 0.0994. The molecule has 2 heterocycles. The summed E-state index contributed by atoms with van der Waals surface area (Å²) in [6.07, 6.45) is 0. The molecule has 4 aromatic rings. The van der Waals surface area contributed by atoms with Crippen molar-refractivity contribution >= 4 is 54.4 Å². The third kappa shape index (κ3) is 2.83. The van der Waals surface area contributed by atoms with E-state index in [4.69, 9.17) is 4.42 Å². The number of aromatic nitrogens is 1. The van der Waals surface area contributed by atoms with Gasteiger partial charge in [0.2, 0.25) is 0 Å². The zero-order valence-corrected chi connectivity index (χ0v) is 16.1. The minimum Gasteiger partial charge on any atom is -0.422 e. The van der Waals surface area contributed by atoms with Crippen molar-refractivity contribution in [3.63, 3.8) is 0 Å². The van der Waals surface area contributed by atoms with E-state index in [2.05, 4.69) is 20.9 Å². The number of nitrogens with zero attached hydrogens (tertiary/aromatic N) is 2. The average Bonchev–Trinajstić information content (AvgIpc) is 2.99. The number of aryl methyl sites for hydroxylation is 1. The largest absolute Gasteiger partial charge is 0.422 e. The molecule has 1 amide bonds. The maximum Gasteiger partial charge on any atom is 0.349 e. The second-order valence-corrected chi connectivity index (χ2v) is 7.48. The summed E-state index contributed by atoms with van der Waals surface area (Å²) in [6.45, 7) is 2.64. The molecule has 0 saturated heterocycles. The molecular formula is C19H13BrN2O3S. The normalized spacial score (nSPS) is 12.2. The number of benzene rings is 2. The van der Waals surface area contributed by atoms with E-state index in [9.17, 15) is 9.59 Å². The maximum absolute atomic E-state index is 12.7. The highest BCUT2D eigenvalue weighted by Gasteiger charge is 2.15. The van der Waals surface area contributed by atoms with Crippen molar-refractivity contribution < 1.29 is 9.21 Å². The molecule has 2 aromatic heterocycles. The summed E-state index contributed by atoms with van der Waals surface area (Å²) in [4.78, 5) is 29.6. The molecule has 0 aliphatic heterocycles. The first-order valence-electron chi connectivity index (χ1n) is 7.98. The smallest absolute Gasteiger partial charge is 0.349 e. The summed E-state index contributed by atoms with van der Waals surface area (Å²) < 4.78 is 9.14. The van der Waals surface area contributed by atoms with Gasteiger partial charge in [0.25, 0.3) is 5.91 Å². The van der Waals surface area contributed by atoms with Crippen LogP contribution in [-0.4, -0.2) is 10.5 Å². The highest BCUT2D eigenvalue weighted by molar-refractivity contribution is 9.10. The van der Waals surface area contributed by atoms with E-state index >= 15 is 0 Å². The third-order valence-corrected chi connectivity index (χ3v) is 5.72. The first-order chi connectivity index (χ1) is 12.6. The molecule has 0 N–H and O–H groups in total. The standard InChI is InChI=1S/C19H13BrN2O3S/c1-2-22-16-13(20)7-5-9-15(16)26-19(22)21-17(23)12-10-11-6-3-4-8-14(11)25-18(12)24/h3-10H,2H2,1H3. The lowest BCUT2D eigenvalue weighted by Crippen LogP contribution is -2.19. The monoisotopic (exact) mass is 428 g/mol. The summed E-state index contributed by atoms with van der Waals surface area (Å²) in [5, 5.41) is 0.688. The van der Waals surface area contributed by atoms with Crippen LogP contribution in [0, 0.1) is 0 Å². The van der Waals surface area contributed by atoms with Crippen molar-refractivity contribution in [3.05, 3.63) is 73.8 Å². The molecule has 0 atom stereocenters. The van der Waals surface area contributed by atoms with E-state index < -0.39 is 11.5 Å². The van der Waals surface area contributed by atoms with E-state index in [1.807, 2.05) is 35.8 Å². The highest BCUT2D eigenvalue weighted by Crippen LogP contribution is 2.25. The van der Waals surface area contributed by atoms with Gasteiger partial charge >= 0.3 is 5.63 Å². The zero-order valence-electron chi connectivity index (χ0n) is 13.7. The molecule has 0 fully saturated rings. The third-order valence-electron chi connectivity index (χ3n) is 4.04. The molecule has 130 valence electrons. The molecule has 0 unspecified atom stereocenters. The van der Waals surface area contributed by atoms with E-state index in [0.717, 1.165) is 14.7 Å². The second kappa shape index (κ2) is 6.66. The molecule has 0 aliphatic rings. The minimum atomic E-state index is -0.678. The predicted molar refractivity (Wildman–Crippen MR) is 106 cm³/mol. The van der Waals surface area contributed by atoms with Crippen molar-refractivity contribution in [1.29, 1.82) is 0 Å². The van der Waals surface area contributed by atoms with Gasteiger partial charge in [0, 0.05) is 16.4 Å². The van der Waals surface area contributed by atoms with Crippen LogP contribution in [0.15, 0.2) is 67.2 Å². The first-order valence-corrected chi connectivity index (χ1v) is 9.59. The molecule has 5 nitrogen and oxygen atoms in total.